The van der Waals surface area contributed by atoms with Gasteiger partial charge in [-0.25, -0.2) is 9.37 Å². The predicted molar refractivity (Wildman–Crippen MR) is 88.5 cm³/mol. The maximum absolute atomic E-state index is 13.2. The van der Waals surface area contributed by atoms with E-state index in [2.05, 4.69) is 25.6 Å². The van der Waals surface area contributed by atoms with E-state index in [4.69, 9.17) is 0 Å². The Morgan fingerprint density at radius 1 is 1.09 bits per heavy atom. The molecular weight excluding hydrogens is 293 g/mol. The fraction of sp³-hybridized carbons (Fsp3) is 0.118. The van der Waals surface area contributed by atoms with E-state index >= 15 is 0 Å². The van der Waals surface area contributed by atoms with Crippen molar-refractivity contribution in [1.82, 2.24) is 15.0 Å². The number of hydrogen-bond donors (Lipinski definition) is 2. The van der Waals surface area contributed by atoms with E-state index in [9.17, 15) is 4.39 Å². The fourth-order valence-electron chi connectivity index (χ4n) is 2.15. The maximum atomic E-state index is 13.2. The Hall–Kier alpha value is -3.02. The van der Waals surface area contributed by atoms with Crippen molar-refractivity contribution < 1.29 is 4.39 Å². The van der Waals surface area contributed by atoms with Crippen molar-refractivity contribution in [3.05, 3.63) is 66.2 Å². The minimum Gasteiger partial charge on any atom is -0.366 e. The van der Waals surface area contributed by atoms with Gasteiger partial charge < -0.3 is 10.6 Å². The van der Waals surface area contributed by atoms with Crippen molar-refractivity contribution in [3.8, 4) is 11.3 Å². The Morgan fingerprint density at radius 3 is 2.74 bits per heavy atom. The van der Waals surface area contributed by atoms with Crippen LogP contribution in [-0.2, 0) is 6.54 Å². The second-order valence-corrected chi connectivity index (χ2v) is 4.94. The molecule has 2 aromatic heterocycles. The molecule has 0 fully saturated rings. The molecule has 0 amide bonds. The van der Waals surface area contributed by atoms with Crippen LogP contribution in [0.4, 0.5) is 16.2 Å². The molecule has 116 valence electrons. The van der Waals surface area contributed by atoms with Gasteiger partial charge in [-0.2, -0.15) is 4.98 Å². The Kier molecular flexibility index (Phi) is 4.42. The van der Waals surface area contributed by atoms with Crippen molar-refractivity contribution in [3.63, 3.8) is 0 Å². The highest BCUT2D eigenvalue weighted by atomic mass is 19.1. The van der Waals surface area contributed by atoms with Crippen LogP contribution < -0.4 is 10.6 Å². The number of rotatable bonds is 5. The first kappa shape index (κ1) is 14.9. The molecule has 0 aliphatic rings. The second-order valence-electron chi connectivity index (χ2n) is 4.94. The van der Waals surface area contributed by atoms with Crippen LogP contribution in [0.15, 0.2) is 54.9 Å². The number of aromatic nitrogens is 3. The van der Waals surface area contributed by atoms with Gasteiger partial charge in [0, 0.05) is 37.6 Å². The molecule has 0 aliphatic heterocycles. The molecule has 0 unspecified atom stereocenters. The molecule has 2 N–H and O–H groups in total. The van der Waals surface area contributed by atoms with E-state index in [0.29, 0.717) is 18.3 Å². The number of pyridine rings is 1. The van der Waals surface area contributed by atoms with Crippen LogP contribution >= 0.6 is 0 Å². The largest absolute Gasteiger partial charge is 0.366 e. The van der Waals surface area contributed by atoms with Gasteiger partial charge in [-0.3, -0.25) is 4.98 Å². The van der Waals surface area contributed by atoms with E-state index < -0.39 is 0 Å². The highest BCUT2D eigenvalue weighted by Gasteiger charge is 2.06. The summed E-state index contributed by atoms with van der Waals surface area (Å²) in [6.07, 6.45) is 3.46. The first-order chi connectivity index (χ1) is 11.2. The van der Waals surface area contributed by atoms with Gasteiger partial charge in [-0.15, -0.1) is 0 Å². The lowest BCUT2D eigenvalue weighted by atomic mass is 10.2. The smallest absolute Gasteiger partial charge is 0.224 e. The zero-order chi connectivity index (χ0) is 16.1. The molecule has 0 aliphatic carbocycles. The summed E-state index contributed by atoms with van der Waals surface area (Å²) in [5, 5.41) is 6.14. The lowest BCUT2D eigenvalue weighted by Gasteiger charge is -2.10. The summed E-state index contributed by atoms with van der Waals surface area (Å²) >= 11 is 0. The van der Waals surface area contributed by atoms with Crippen LogP contribution in [0.3, 0.4) is 0 Å². The van der Waals surface area contributed by atoms with E-state index in [0.717, 1.165) is 16.8 Å². The van der Waals surface area contributed by atoms with E-state index in [1.165, 1.54) is 12.1 Å². The molecule has 0 radical (unpaired) electrons. The van der Waals surface area contributed by atoms with Crippen LogP contribution in [0, 0.1) is 5.82 Å². The molecule has 5 nitrogen and oxygen atoms in total. The Bertz CT molecular complexity index is 792. The van der Waals surface area contributed by atoms with Gasteiger partial charge in [0.2, 0.25) is 5.95 Å². The van der Waals surface area contributed by atoms with Gasteiger partial charge in [0.25, 0.3) is 0 Å². The summed E-state index contributed by atoms with van der Waals surface area (Å²) in [6.45, 7) is 0.477. The normalized spacial score (nSPS) is 10.3. The fourth-order valence-corrected chi connectivity index (χ4v) is 2.15. The molecule has 0 bridgehead atoms. The number of hydrogen-bond acceptors (Lipinski definition) is 5. The van der Waals surface area contributed by atoms with Gasteiger partial charge in [0.15, 0.2) is 0 Å². The molecule has 23 heavy (non-hydrogen) atoms. The molecule has 0 spiro atoms. The standard InChI is InChI=1S/C17H16FN5/c1-19-17-22-15(13-5-3-7-20-11-13)9-16(23-17)21-10-12-4-2-6-14(18)8-12/h2-9,11H,10H2,1H3,(H2,19,21,22,23). The number of nitrogens with zero attached hydrogens (tertiary/aromatic N) is 3. The summed E-state index contributed by atoms with van der Waals surface area (Å²) in [5.41, 5.74) is 2.51. The molecular formula is C17H16FN5. The van der Waals surface area contributed by atoms with Crippen LogP contribution in [0.25, 0.3) is 11.3 Å². The number of benzene rings is 1. The molecule has 3 rings (SSSR count). The average molecular weight is 309 g/mol. The lowest BCUT2D eigenvalue weighted by molar-refractivity contribution is 0.626. The second kappa shape index (κ2) is 6.83. The monoisotopic (exact) mass is 309 g/mol. The van der Waals surface area contributed by atoms with Crippen LogP contribution in [-0.4, -0.2) is 22.0 Å². The molecule has 1 aromatic carbocycles. The quantitative estimate of drug-likeness (QED) is 0.757. The predicted octanol–water partition coefficient (Wildman–Crippen LogP) is 3.33. The minimum absolute atomic E-state index is 0.251. The van der Waals surface area contributed by atoms with Crippen molar-refractivity contribution in [2.24, 2.45) is 0 Å². The number of halogens is 1. The Morgan fingerprint density at radius 2 is 2.00 bits per heavy atom. The molecule has 0 saturated carbocycles. The summed E-state index contributed by atoms with van der Waals surface area (Å²) < 4.78 is 13.2. The maximum Gasteiger partial charge on any atom is 0.224 e. The Labute approximate surface area is 133 Å². The van der Waals surface area contributed by atoms with Gasteiger partial charge in [-0.1, -0.05) is 12.1 Å². The number of anilines is 2. The van der Waals surface area contributed by atoms with Crippen LogP contribution in [0.5, 0.6) is 0 Å². The highest BCUT2D eigenvalue weighted by Crippen LogP contribution is 2.20. The van der Waals surface area contributed by atoms with Gasteiger partial charge in [0.05, 0.1) is 5.69 Å². The summed E-state index contributed by atoms with van der Waals surface area (Å²) in [5.74, 6) is 0.916. The molecule has 0 atom stereocenters. The number of nitrogens with one attached hydrogen (secondary N) is 2. The molecule has 3 aromatic rings. The van der Waals surface area contributed by atoms with Gasteiger partial charge in [0.1, 0.15) is 11.6 Å². The van der Waals surface area contributed by atoms with E-state index in [1.54, 1.807) is 25.5 Å². The highest BCUT2D eigenvalue weighted by molar-refractivity contribution is 5.63. The molecule has 0 saturated heterocycles. The SMILES string of the molecule is CNc1nc(NCc2cccc(F)c2)cc(-c2cccnc2)n1. The van der Waals surface area contributed by atoms with Crippen LogP contribution in [0.2, 0.25) is 0 Å². The lowest BCUT2D eigenvalue weighted by Crippen LogP contribution is -2.05. The van der Waals surface area contributed by atoms with Crippen LogP contribution in [0.1, 0.15) is 5.56 Å². The Balaban J connectivity index is 1.84. The first-order valence-electron chi connectivity index (χ1n) is 7.20. The van der Waals surface area contributed by atoms with Crippen molar-refractivity contribution >= 4 is 11.8 Å². The zero-order valence-electron chi connectivity index (χ0n) is 12.6. The summed E-state index contributed by atoms with van der Waals surface area (Å²) in [4.78, 5) is 12.9. The third-order valence-electron chi connectivity index (χ3n) is 3.27. The van der Waals surface area contributed by atoms with E-state index in [-0.39, 0.29) is 5.82 Å². The van der Waals surface area contributed by atoms with E-state index in [1.807, 2.05) is 24.3 Å². The minimum atomic E-state index is -0.251. The van der Waals surface area contributed by atoms with Gasteiger partial charge in [-0.05, 0) is 29.8 Å². The zero-order valence-corrected chi connectivity index (χ0v) is 12.6. The third kappa shape index (κ3) is 3.79. The first-order valence-corrected chi connectivity index (χ1v) is 7.20. The average Bonchev–Trinajstić information content (AvgIpc) is 2.60. The van der Waals surface area contributed by atoms with Crippen molar-refractivity contribution in [2.75, 3.05) is 17.7 Å². The van der Waals surface area contributed by atoms with Gasteiger partial charge >= 0.3 is 0 Å². The van der Waals surface area contributed by atoms with Crippen molar-refractivity contribution in [2.45, 2.75) is 6.54 Å². The van der Waals surface area contributed by atoms with Crippen molar-refractivity contribution in [1.29, 1.82) is 0 Å². The molecule has 6 heteroatoms. The topological polar surface area (TPSA) is 62.7 Å². The summed E-state index contributed by atoms with van der Waals surface area (Å²) in [7, 11) is 1.76. The third-order valence-corrected chi connectivity index (χ3v) is 3.27. The molecule has 2 heterocycles. The summed E-state index contributed by atoms with van der Waals surface area (Å²) in [6, 6.07) is 12.1.